The molecule has 23 heavy (non-hydrogen) atoms. The Morgan fingerprint density at radius 2 is 2.04 bits per heavy atom. The number of aliphatic hydroxyl groups is 1. The molecule has 0 amide bonds. The molecule has 0 saturated carbocycles. The van der Waals surface area contributed by atoms with Crippen molar-refractivity contribution in [1.29, 1.82) is 5.26 Å². The van der Waals surface area contributed by atoms with Crippen molar-refractivity contribution >= 4 is 6.08 Å². The molecule has 4 heteroatoms. The lowest BCUT2D eigenvalue weighted by Crippen LogP contribution is -2.24. The van der Waals surface area contributed by atoms with Crippen LogP contribution in [0.2, 0.25) is 0 Å². The summed E-state index contributed by atoms with van der Waals surface area (Å²) in [7, 11) is 0. The number of hydrogen-bond acceptors (Lipinski definition) is 4. The number of aliphatic hydroxyl groups excluding tert-OH is 1. The van der Waals surface area contributed by atoms with E-state index in [1.807, 2.05) is 45.9 Å². The fraction of sp³-hybridized carbons (Fsp3) is 0.421. The van der Waals surface area contributed by atoms with Crippen molar-refractivity contribution in [2.45, 2.75) is 52.9 Å². The van der Waals surface area contributed by atoms with Gasteiger partial charge in [-0.1, -0.05) is 25.6 Å². The molecule has 1 atom stereocenters. The summed E-state index contributed by atoms with van der Waals surface area (Å²) in [5, 5.41) is 26.5. The van der Waals surface area contributed by atoms with E-state index in [9.17, 15) is 5.11 Å². The van der Waals surface area contributed by atoms with Crippen molar-refractivity contribution in [2.24, 2.45) is 0 Å². The predicted octanol–water partition coefficient (Wildman–Crippen LogP) is 4.19. The molecule has 0 aliphatic carbocycles. The minimum Gasteiger partial charge on any atom is -0.508 e. The van der Waals surface area contributed by atoms with E-state index in [0.29, 0.717) is 5.57 Å². The Hall–Kier alpha value is -2.09. The van der Waals surface area contributed by atoms with Crippen molar-refractivity contribution < 1.29 is 14.9 Å². The standard InChI is InChI=1S/C13H13NO.C6H14O2/c1-3-11-8-13(15)7-6-12(11)5-4-10(2)9-14;1-5(7)8-6(2,3)4/h4-8,15H,2-3H2,1H3;5,7H,1-4H3/b5-4-;. The molecule has 0 aromatic heterocycles. The smallest absolute Gasteiger partial charge is 0.152 e. The summed E-state index contributed by atoms with van der Waals surface area (Å²) in [6, 6.07) is 7.15. The first kappa shape index (κ1) is 20.9. The van der Waals surface area contributed by atoms with E-state index >= 15 is 0 Å². The quantitative estimate of drug-likeness (QED) is 0.496. The number of rotatable bonds is 4. The SMILES string of the molecule is C=C(C#N)/C=C\c1ccc(O)cc1CC.CC(O)OC(C)(C)C. The number of ether oxygens (including phenoxy) is 1. The van der Waals surface area contributed by atoms with Crippen LogP contribution in [0.4, 0.5) is 0 Å². The summed E-state index contributed by atoms with van der Waals surface area (Å²) >= 11 is 0. The first-order chi connectivity index (χ1) is 10.6. The van der Waals surface area contributed by atoms with Gasteiger partial charge in [0.25, 0.3) is 0 Å². The van der Waals surface area contributed by atoms with Crippen molar-refractivity contribution in [1.82, 2.24) is 0 Å². The van der Waals surface area contributed by atoms with Crippen LogP contribution in [0.5, 0.6) is 5.75 Å². The fourth-order valence-corrected chi connectivity index (χ4v) is 1.80. The van der Waals surface area contributed by atoms with Crippen molar-refractivity contribution in [3.8, 4) is 11.8 Å². The van der Waals surface area contributed by atoms with Gasteiger partial charge in [-0.15, -0.1) is 0 Å². The van der Waals surface area contributed by atoms with Crippen LogP contribution in [0.3, 0.4) is 0 Å². The molecule has 1 unspecified atom stereocenters. The maximum atomic E-state index is 9.30. The minimum absolute atomic E-state index is 0.228. The zero-order valence-corrected chi connectivity index (χ0v) is 14.6. The lowest BCUT2D eigenvalue weighted by Gasteiger charge is -2.21. The van der Waals surface area contributed by atoms with Crippen LogP contribution in [-0.2, 0) is 11.2 Å². The second-order valence-corrected chi connectivity index (χ2v) is 6.04. The molecule has 0 aliphatic heterocycles. The van der Waals surface area contributed by atoms with Gasteiger partial charge in [-0.2, -0.15) is 5.26 Å². The topological polar surface area (TPSA) is 73.5 Å². The number of phenolic OH excluding ortho intramolecular Hbond substituents is 1. The number of nitriles is 1. The molecule has 126 valence electrons. The second-order valence-electron chi connectivity index (χ2n) is 6.04. The molecule has 0 aliphatic rings. The zero-order valence-electron chi connectivity index (χ0n) is 14.6. The van der Waals surface area contributed by atoms with Gasteiger partial charge in [0.15, 0.2) is 6.29 Å². The Morgan fingerprint density at radius 3 is 2.43 bits per heavy atom. The maximum absolute atomic E-state index is 9.30. The molecule has 2 N–H and O–H groups in total. The number of hydrogen-bond donors (Lipinski definition) is 2. The number of aromatic hydroxyl groups is 1. The molecule has 0 fully saturated rings. The highest BCUT2D eigenvalue weighted by molar-refractivity contribution is 5.59. The average molecular weight is 317 g/mol. The van der Waals surface area contributed by atoms with E-state index in [1.54, 1.807) is 25.1 Å². The molecule has 1 aromatic rings. The first-order valence-electron chi connectivity index (χ1n) is 7.54. The Kier molecular flexibility index (Phi) is 8.94. The average Bonchev–Trinajstić information content (AvgIpc) is 2.43. The molecule has 0 heterocycles. The highest BCUT2D eigenvalue weighted by Crippen LogP contribution is 2.18. The first-order valence-corrected chi connectivity index (χ1v) is 7.54. The Morgan fingerprint density at radius 1 is 1.43 bits per heavy atom. The molecule has 4 nitrogen and oxygen atoms in total. The van der Waals surface area contributed by atoms with Gasteiger partial charge >= 0.3 is 0 Å². The van der Waals surface area contributed by atoms with E-state index in [1.165, 1.54) is 0 Å². The maximum Gasteiger partial charge on any atom is 0.152 e. The third-order valence-electron chi connectivity index (χ3n) is 2.64. The number of aryl methyl sites for hydroxylation is 1. The molecule has 0 bridgehead atoms. The molecule has 1 rings (SSSR count). The monoisotopic (exact) mass is 317 g/mol. The van der Waals surface area contributed by atoms with Crippen LogP contribution in [0.25, 0.3) is 6.08 Å². The van der Waals surface area contributed by atoms with Crippen molar-refractivity contribution in [3.05, 3.63) is 47.6 Å². The van der Waals surface area contributed by atoms with Gasteiger partial charge in [-0.25, -0.2) is 0 Å². The van der Waals surface area contributed by atoms with Gasteiger partial charge in [0.05, 0.1) is 11.7 Å². The number of allylic oxidation sites excluding steroid dienone is 2. The highest BCUT2D eigenvalue weighted by Gasteiger charge is 2.12. The van der Waals surface area contributed by atoms with Crippen molar-refractivity contribution in [2.75, 3.05) is 0 Å². The third-order valence-corrected chi connectivity index (χ3v) is 2.64. The molecular weight excluding hydrogens is 290 g/mol. The Bertz CT molecular complexity index is 575. The van der Waals surface area contributed by atoms with E-state index < -0.39 is 6.29 Å². The summed E-state index contributed by atoms with van der Waals surface area (Å²) in [5.74, 6) is 0.267. The summed E-state index contributed by atoms with van der Waals surface area (Å²) in [6.45, 7) is 12.9. The number of benzene rings is 1. The second kappa shape index (κ2) is 9.83. The zero-order chi connectivity index (χ0) is 18.0. The van der Waals surface area contributed by atoms with Gasteiger partial charge in [0.1, 0.15) is 5.75 Å². The lowest BCUT2D eigenvalue weighted by molar-refractivity contribution is -0.154. The summed E-state index contributed by atoms with van der Waals surface area (Å²) in [5.41, 5.74) is 2.25. The molecule has 0 saturated heterocycles. The van der Waals surface area contributed by atoms with Crippen LogP contribution in [0.1, 0.15) is 45.7 Å². The molecule has 0 spiro atoms. The summed E-state index contributed by atoms with van der Waals surface area (Å²) in [4.78, 5) is 0. The van der Waals surface area contributed by atoms with Gasteiger partial charge in [0.2, 0.25) is 0 Å². The van der Waals surface area contributed by atoms with E-state index in [2.05, 4.69) is 6.58 Å². The number of phenols is 1. The number of nitrogens with zero attached hydrogens (tertiary/aromatic N) is 1. The minimum atomic E-state index is -0.657. The Labute approximate surface area is 139 Å². The van der Waals surface area contributed by atoms with Crippen LogP contribution < -0.4 is 0 Å². The van der Waals surface area contributed by atoms with Crippen LogP contribution >= 0.6 is 0 Å². The van der Waals surface area contributed by atoms with Gasteiger partial charge in [-0.3, -0.25) is 0 Å². The molecule has 0 radical (unpaired) electrons. The summed E-state index contributed by atoms with van der Waals surface area (Å²) < 4.78 is 4.99. The van der Waals surface area contributed by atoms with Crippen LogP contribution in [-0.4, -0.2) is 22.1 Å². The van der Waals surface area contributed by atoms with Crippen LogP contribution in [0, 0.1) is 11.3 Å². The van der Waals surface area contributed by atoms with Crippen molar-refractivity contribution in [3.63, 3.8) is 0 Å². The molecule has 1 aromatic carbocycles. The largest absolute Gasteiger partial charge is 0.508 e. The summed E-state index contributed by atoms with van der Waals surface area (Å²) in [6.07, 6.45) is 3.69. The lowest BCUT2D eigenvalue weighted by atomic mass is 10.0. The predicted molar refractivity (Wildman–Crippen MR) is 93.8 cm³/mol. The normalized spacial score (nSPS) is 12.2. The van der Waals surface area contributed by atoms with Gasteiger partial charge in [-0.05, 0) is 63.5 Å². The van der Waals surface area contributed by atoms with E-state index in [-0.39, 0.29) is 11.4 Å². The fourth-order valence-electron chi connectivity index (χ4n) is 1.80. The van der Waals surface area contributed by atoms with E-state index in [0.717, 1.165) is 17.5 Å². The van der Waals surface area contributed by atoms with Gasteiger partial charge < -0.3 is 14.9 Å². The van der Waals surface area contributed by atoms with E-state index in [4.69, 9.17) is 15.1 Å². The Balaban J connectivity index is 0.000000515. The van der Waals surface area contributed by atoms with Crippen LogP contribution in [0.15, 0.2) is 36.4 Å². The molecular formula is C19H27NO3. The van der Waals surface area contributed by atoms with Gasteiger partial charge in [0, 0.05) is 5.57 Å². The third kappa shape index (κ3) is 10.3. The highest BCUT2D eigenvalue weighted by atomic mass is 16.6.